The van der Waals surface area contributed by atoms with Crippen molar-refractivity contribution in [3.05, 3.63) is 76.9 Å². The highest BCUT2D eigenvalue weighted by atomic mass is 16.1. The van der Waals surface area contributed by atoms with Gasteiger partial charge in [0.05, 0.1) is 0 Å². The first kappa shape index (κ1) is 13.3. The van der Waals surface area contributed by atoms with Crippen LogP contribution in [0.4, 0.5) is 0 Å². The van der Waals surface area contributed by atoms with E-state index in [0.29, 0.717) is 0 Å². The summed E-state index contributed by atoms with van der Waals surface area (Å²) in [5.74, 6) is 0.0684. The third-order valence-corrected chi connectivity index (χ3v) is 3.33. The molecule has 19 heavy (non-hydrogen) atoms. The molecule has 0 spiro atoms. The molecule has 0 saturated carbocycles. The van der Waals surface area contributed by atoms with Crippen LogP contribution in [0, 0.1) is 13.8 Å². The Balaban J connectivity index is 2.34. The van der Waals surface area contributed by atoms with Gasteiger partial charge in [-0.3, -0.25) is 4.79 Å². The molecule has 0 aromatic heterocycles. The van der Waals surface area contributed by atoms with Crippen LogP contribution in [-0.4, -0.2) is 5.78 Å². The minimum Gasteiger partial charge on any atom is -0.289 e. The highest BCUT2D eigenvalue weighted by Gasteiger charge is 2.07. The molecule has 96 valence electrons. The molecule has 0 radical (unpaired) electrons. The van der Waals surface area contributed by atoms with Crippen molar-refractivity contribution in [2.45, 2.75) is 20.8 Å². The van der Waals surface area contributed by atoms with Crippen LogP contribution in [0.1, 0.15) is 34.0 Å². The normalized spacial score (nSPS) is 11.4. The van der Waals surface area contributed by atoms with E-state index in [0.717, 1.165) is 22.3 Å². The van der Waals surface area contributed by atoms with Crippen LogP contribution in [0.25, 0.3) is 5.57 Å². The Kier molecular flexibility index (Phi) is 3.96. The monoisotopic (exact) mass is 250 g/mol. The van der Waals surface area contributed by atoms with Gasteiger partial charge in [-0.1, -0.05) is 48.5 Å². The third kappa shape index (κ3) is 3.00. The number of rotatable bonds is 3. The molecule has 1 nitrogen and oxygen atoms in total. The first-order valence-electron chi connectivity index (χ1n) is 6.44. The Bertz CT molecular complexity index is 636. The maximum atomic E-state index is 12.3. The van der Waals surface area contributed by atoms with Gasteiger partial charge in [0.1, 0.15) is 0 Å². The first-order chi connectivity index (χ1) is 9.09. The summed E-state index contributed by atoms with van der Waals surface area (Å²) in [6, 6.07) is 15.8. The molecule has 2 aromatic carbocycles. The summed E-state index contributed by atoms with van der Waals surface area (Å²) in [6.45, 7) is 6.01. The summed E-state index contributed by atoms with van der Waals surface area (Å²) in [6.07, 6.45) is 1.73. The Morgan fingerprint density at radius 3 is 1.84 bits per heavy atom. The number of carbonyl (C=O) groups excluding carboxylic acids is 1. The van der Waals surface area contributed by atoms with E-state index in [1.807, 2.05) is 56.3 Å². The van der Waals surface area contributed by atoms with Gasteiger partial charge in [0.15, 0.2) is 5.78 Å². The van der Waals surface area contributed by atoms with Crippen molar-refractivity contribution >= 4 is 11.4 Å². The van der Waals surface area contributed by atoms with E-state index >= 15 is 0 Å². The van der Waals surface area contributed by atoms with E-state index in [-0.39, 0.29) is 5.78 Å². The topological polar surface area (TPSA) is 17.1 Å². The highest BCUT2D eigenvalue weighted by Crippen LogP contribution is 2.19. The Morgan fingerprint density at radius 1 is 0.842 bits per heavy atom. The molecule has 0 aliphatic rings. The van der Waals surface area contributed by atoms with E-state index in [4.69, 9.17) is 0 Å². The fraction of sp³-hybridized carbons (Fsp3) is 0.167. The quantitative estimate of drug-likeness (QED) is 0.575. The summed E-state index contributed by atoms with van der Waals surface area (Å²) < 4.78 is 0. The van der Waals surface area contributed by atoms with Crippen LogP contribution in [0.5, 0.6) is 0 Å². The lowest BCUT2D eigenvalue weighted by molar-refractivity contribution is 0.104. The fourth-order valence-electron chi connectivity index (χ4n) is 2.22. The molecular weight excluding hydrogens is 232 g/mol. The SMILES string of the molecule is C/C(=C\C(=O)c1ccccc1C)c1ccccc1C. The van der Waals surface area contributed by atoms with Crippen molar-refractivity contribution in [1.29, 1.82) is 0 Å². The van der Waals surface area contributed by atoms with Gasteiger partial charge in [-0.15, -0.1) is 0 Å². The van der Waals surface area contributed by atoms with Crippen molar-refractivity contribution in [2.75, 3.05) is 0 Å². The van der Waals surface area contributed by atoms with Crippen LogP contribution in [-0.2, 0) is 0 Å². The Labute approximate surface area is 114 Å². The largest absolute Gasteiger partial charge is 0.289 e. The van der Waals surface area contributed by atoms with Gasteiger partial charge in [0, 0.05) is 5.56 Å². The second-order valence-electron chi connectivity index (χ2n) is 4.82. The summed E-state index contributed by atoms with van der Waals surface area (Å²) >= 11 is 0. The van der Waals surface area contributed by atoms with E-state index in [9.17, 15) is 4.79 Å². The number of benzene rings is 2. The Morgan fingerprint density at radius 2 is 1.32 bits per heavy atom. The minimum absolute atomic E-state index is 0.0684. The van der Waals surface area contributed by atoms with Gasteiger partial charge in [-0.2, -0.15) is 0 Å². The molecule has 0 unspecified atom stereocenters. The average Bonchev–Trinajstić information content (AvgIpc) is 2.39. The molecule has 2 aromatic rings. The summed E-state index contributed by atoms with van der Waals surface area (Å²) in [7, 11) is 0. The second kappa shape index (κ2) is 5.66. The van der Waals surface area contributed by atoms with Crippen LogP contribution in [0.15, 0.2) is 54.6 Å². The van der Waals surface area contributed by atoms with Gasteiger partial charge in [-0.25, -0.2) is 0 Å². The predicted octanol–water partition coefficient (Wildman–Crippen LogP) is 4.59. The Hall–Kier alpha value is -2.15. The maximum absolute atomic E-state index is 12.3. The lowest BCUT2D eigenvalue weighted by Crippen LogP contribution is -1.99. The van der Waals surface area contributed by atoms with Crippen LogP contribution in [0.3, 0.4) is 0 Å². The van der Waals surface area contributed by atoms with Crippen molar-refractivity contribution in [3.8, 4) is 0 Å². The molecule has 0 amide bonds. The lowest BCUT2D eigenvalue weighted by atomic mass is 9.98. The number of aryl methyl sites for hydroxylation is 2. The van der Waals surface area contributed by atoms with Crippen molar-refractivity contribution < 1.29 is 4.79 Å². The van der Waals surface area contributed by atoms with Gasteiger partial charge in [-0.05, 0) is 49.1 Å². The van der Waals surface area contributed by atoms with Gasteiger partial charge >= 0.3 is 0 Å². The lowest BCUT2D eigenvalue weighted by Gasteiger charge is -2.06. The van der Waals surface area contributed by atoms with Gasteiger partial charge in [0.25, 0.3) is 0 Å². The zero-order valence-corrected chi connectivity index (χ0v) is 11.6. The molecule has 0 aliphatic heterocycles. The number of allylic oxidation sites excluding steroid dienone is 2. The number of ketones is 1. The number of hydrogen-bond acceptors (Lipinski definition) is 1. The zero-order valence-electron chi connectivity index (χ0n) is 11.6. The summed E-state index contributed by atoms with van der Waals surface area (Å²) in [5.41, 5.74) is 5.11. The summed E-state index contributed by atoms with van der Waals surface area (Å²) in [5, 5.41) is 0. The third-order valence-electron chi connectivity index (χ3n) is 3.33. The molecule has 0 heterocycles. The average molecular weight is 250 g/mol. The molecule has 0 atom stereocenters. The van der Waals surface area contributed by atoms with Crippen LogP contribution < -0.4 is 0 Å². The van der Waals surface area contributed by atoms with E-state index in [1.165, 1.54) is 5.56 Å². The highest BCUT2D eigenvalue weighted by molar-refractivity contribution is 6.09. The number of carbonyl (C=O) groups is 1. The molecule has 1 heteroatoms. The second-order valence-corrected chi connectivity index (χ2v) is 4.82. The van der Waals surface area contributed by atoms with Crippen molar-refractivity contribution in [2.24, 2.45) is 0 Å². The molecule has 0 bridgehead atoms. The molecule has 0 fully saturated rings. The molecule has 2 rings (SSSR count). The molecule has 0 N–H and O–H groups in total. The van der Waals surface area contributed by atoms with E-state index in [1.54, 1.807) is 6.08 Å². The first-order valence-corrected chi connectivity index (χ1v) is 6.44. The molecule has 0 aliphatic carbocycles. The molecular formula is C18H18O. The fourth-order valence-corrected chi connectivity index (χ4v) is 2.22. The van der Waals surface area contributed by atoms with Crippen LogP contribution in [0.2, 0.25) is 0 Å². The smallest absolute Gasteiger partial charge is 0.186 e. The van der Waals surface area contributed by atoms with Crippen molar-refractivity contribution in [1.82, 2.24) is 0 Å². The van der Waals surface area contributed by atoms with Gasteiger partial charge < -0.3 is 0 Å². The number of hydrogen-bond donors (Lipinski definition) is 0. The predicted molar refractivity (Wildman–Crippen MR) is 80.3 cm³/mol. The standard InChI is InChI=1S/C18H18O/c1-13-8-4-6-10-16(13)15(3)12-18(19)17-11-7-5-9-14(17)2/h4-12H,1-3H3/b15-12+. The van der Waals surface area contributed by atoms with Crippen LogP contribution >= 0.6 is 0 Å². The zero-order chi connectivity index (χ0) is 13.8. The van der Waals surface area contributed by atoms with E-state index in [2.05, 4.69) is 13.0 Å². The van der Waals surface area contributed by atoms with Gasteiger partial charge in [0.2, 0.25) is 0 Å². The van der Waals surface area contributed by atoms with E-state index < -0.39 is 0 Å². The maximum Gasteiger partial charge on any atom is 0.186 e. The minimum atomic E-state index is 0.0684. The molecule has 0 saturated heterocycles. The van der Waals surface area contributed by atoms with Crippen molar-refractivity contribution in [3.63, 3.8) is 0 Å². The summed E-state index contributed by atoms with van der Waals surface area (Å²) in [4.78, 5) is 12.3.